The summed E-state index contributed by atoms with van der Waals surface area (Å²) in [7, 11) is 1.67. The Morgan fingerprint density at radius 1 is 1.15 bits per heavy atom. The number of nitrogens with zero attached hydrogens (tertiary/aromatic N) is 5. The van der Waals surface area contributed by atoms with Gasteiger partial charge in [0, 0.05) is 24.7 Å². The Bertz CT molecular complexity index is 1240. The van der Waals surface area contributed by atoms with Gasteiger partial charge in [0.2, 0.25) is 5.95 Å². The van der Waals surface area contributed by atoms with Crippen molar-refractivity contribution in [3.63, 3.8) is 0 Å². The summed E-state index contributed by atoms with van der Waals surface area (Å²) in [5.41, 5.74) is 1.07. The number of Topliss-reactive ketones (excluding diaryl/α,β-unsaturated/α-hetero) is 1. The molecule has 0 spiro atoms. The van der Waals surface area contributed by atoms with Crippen LogP contribution in [0.4, 0.5) is 14.7 Å². The maximum atomic E-state index is 13.4. The lowest BCUT2D eigenvalue weighted by Gasteiger charge is -2.31. The lowest BCUT2D eigenvalue weighted by molar-refractivity contribution is 0.0693. The first kappa shape index (κ1) is 34.2. The van der Waals surface area contributed by atoms with E-state index in [-0.39, 0.29) is 29.5 Å². The number of anilines is 1. The van der Waals surface area contributed by atoms with Crippen LogP contribution in [0.1, 0.15) is 102 Å². The zero-order chi connectivity index (χ0) is 30.5. The number of amidine groups is 1. The third-order valence-electron chi connectivity index (χ3n) is 7.58. The third kappa shape index (κ3) is 8.99. The maximum Gasteiger partial charge on any atom is 0.263 e. The lowest BCUT2D eigenvalue weighted by atomic mass is 9.93. The summed E-state index contributed by atoms with van der Waals surface area (Å²) in [6, 6.07) is 0.0165. The number of rotatable bonds is 8. The zero-order valence-electron chi connectivity index (χ0n) is 25.8. The van der Waals surface area contributed by atoms with Crippen molar-refractivity contribution in [3.8, 4) is 0 Å². The van der Waals surface area contributed by atoms with Gasteiger partial charge >= 0.3 is 0 Å². The number of carbonyl (C=O) groups excluding carboxylic acids is 1. The zero-order valence-corrected chi connectivity index (χ0v) is 25.8. The first-order valence-corrected chi connectivity index (χ1v) is 15.1. The molecule has 0 amide bonds. The molecule has 2 aliphatic rings. The Morgan fingerprint density at radius 3 is 2.34 bits per heavy atom. The number of allylic oxidation sites excluding steroid dienone is 1. The second-order valence-electron chi connectivity index (χ2n) is 10.1. The van der Waals surface area contributed by atoms with Crippen LogP contribution in [0.15, 0.2) is 28.1 Å². The van der Waals surface area contributed by atoms with E-state index in [9.17, 15) is 18.4 Å². The molecule has 3 heterocycles. The van der Waals surface area contributed by atoms with Crippen LogP contribution >= 0.6 is 0 Å². The molecule has 0 aromatic carbocycles. The van der Waals surface area contributed by atoms with E-state index in [2.05, 4.69) is 15.3 Å². The standard InChI is InChI=1S/C27H36F2N6O2.2C2H6/c1-17-21-15-31-27(33-25(21)35(20-8-4-5-9-20)26(37)24(17)18(2)36)32-23(30-3)10-6-7-19-11-13-34(14-12-19)16-22(28)29;2*1-2/h6,10,15,19-20,22H,4-5,7-9,11-14,16H2,1-3H3,(H,30,31,32,33);2*1-2H3/b10-6-;;. The summed E-state index contributed by atoms with van der Waals surface area (Å²) in [6.45, 7) is 12.5. The lowest BCUT2D eigenvalue weighted by Crippen LogP contribution is -2.36. The van der Waals surface area contributed by atoms with Gasteiger partial charge in [-0.2, -0.15) is 4.98 Å². The topological polar surface area (TPSA) is 92.5 Å². The van der Waals surface area contributed by atoms with Gasteiger partial charge in [0.1, 0.15) is 11.5 Å². The van der Waals surface area contributed by atoms with Crippen molar-refractivity contribution in [1.29, 1.82) is 0 Å². The van der Waals surface area contributed by atoms with Crippen LogP contribution < -0.4 is 10.9 Å². The summed E-state index contributed by atoms with van der Waals surface area (Å²) >= 11 is 0. The Morgan fingerprint density at radius 2 is 1.78 bits per heavy atom. The Kier molecular flexibility index (Phi) is 14.2. The number of nitrogens with one attached hydrogen (secondary N) is 1. The fourth-order valence-electron chi connectivity index (χ4n) is 5.57. The fraction of sp³-hybridized carbons (Fsp3) is 0.645. The van der Waals surface area contributed by atoms with Crippen molar-refractivity contribution in [3.05, 3.63) is 39.8 Å². The Hall–Kier alpha value is -3.01. The molecule has 0 unspecified atom stereocenters. The molecular formula is C31H48F2N6O2. The predicted octanol–water partition coefficient (Wildman–Crippen LogP) is 6.83. The number of pyridine rings is 1. The first-order chi connectivity index (χ1) is 19.8. The highest BCUT2D eigenvalue weighted by atomic mass is 19.3. The quantitative estimate of drug-likeness (QED) is 0.211. The molecule has 2 aromatic rings. The van der Waals surface area contributed by atoms with Gasteiger partial charge in [-0.1, -0.05) is 46.6 Å². The molecule has 0 bridgehead atoms. The van der Waals surface area contributed by atoms with Crippen LogP contribution in [-0.2, 0) is 0 Å². The predicted molar refractivity (Wildman–Crippen MR) is 165 cm³/mol. The van der Waals surface area contributed by atoms with Crippen molar-refractivity contribution < 1.29 is 13.6 Å². The van der Waals surface area contributed by atoms with Crippen LogP contribution in [0.3, 0.4) is 0 Å². The second kappa shape index (κ2) is 17.1. The van der Waals surface area contributed by atoms with E-state index in [4.69, 9.17) is 4.98 Å². The van der Waals surface area contributed by atoms with Gasteiger partial charge in [-0.15, -0.1) is 0 Å². The third-order valence-corrected chi connectivity index (χ3v) is 7.58. The number of carbonyl (C=O) groups is 1. The number of ketones is 1. The van der Waals surface area contributed by atoms with E-state index < -0.39 is 6.43 Å². The summed E-state index contributed by atoms with van der Waals surface area (Å²) in [5.74, 6) is 1.13. The number of hydrogen-bond acceptors (Lipinski definition) is 6. The number of fused-ring (bicyclic) bond motifs is 1. The van der Waals surface area contributed by atoms with Gasteiger partial charge in [-0.05, 0) is 76.6 Å². The first-order valence-electron chi connectivity index (χ1n) is 15.1. The maximum absolute atomic E-state index is 13.4. The average Bonchev–Trinajstić information content (AvgIpc) is 3.49. The highest BCUT2D eigenvalue weighted by Crippen LogP contribution is 2.32. The number of alkyl halides is 2. The molecule has 1 aliphatic heterocycles. The summed E-state index contributed by atoms with van der Waals surface area (Å²) < 4.78 is 26.9. The molecule has 0 atom stereocenters. The van der Waals surface area contributed by atoms with Crippen LogP contribution in [0.5, 0.6) is 0 Å². The monoisotopic (exact) mass is 574 g/mol. The van der Waals surface area contributed by atoms with E-state index in [0.717, 1.165) is 44.9 Å². The number of halogens is 2. The van der Waals surface area contributed by atoms with Gasteiger partial charge in [-0.25, -0.2) is 13.8 Å². The van der Waals surface area contributed by atoms with Crippen LogP contribution in [0.25, 0.3) is 11.0 Å². The molecule has 10 heteroatoms. The number of aryl methyl sites for hydroxylation is 1. The van der Waals surface area contributed by atoms with E-state index in [0.29, 0.717) is 47.4 Å². The molecule has 8 nitrogen and oxygen atoms in total. The summed E-state index contributed by atoms with van der Waals surface area (Å²) in [6.07, 6.45) is 9.81. The van der Waals surface area contributed by atoms with Gasteiger partial charge < -0.3 is 5.32 Å². The molecule has 228 valence electrons. The SMILES string of the molecule is CC.CC.CN=C(/C=C\CC1CCN(CC(F)F)CC1)Nc1ncc2c(C)c(C(C)=O)c(=O)n(C3CCCC3)c2n1. The normalized spacial score (nSPS) is 17.0. The minimum absolute atomic E-state index is 0.0165. The van der Waals surface area contributed by atoms with E-state index in [1.165, 1.54) is 6.92 Å². The van der Waals surface area contributed by atoms with Crippen LogP contribution in [0, 0.1) is 12.8 Å². The van der Waals surface area contributed by atoms with Crippen molar-refractivity contribution in [1.82, 2.24) is 19.4 Å². The molecule has 0 radical (unpaired) electrons. The number of aromatic nitrogens is 3. The van der Waals surface area contributed by atoms with E-state index in [1.807, 2.05) is 44.7 Å². The smallest absolute Gasteiger partial charge is 0.263 e. The number of piperidine rings is 1. The van der Waals surface area contributed by atoms with Crippen LogP contribution in [-0.4, -0.2) is 64.2 Å². The summed E-state index contributed by atoms with van der Waals surface area (Å²) in [4.78, 5) is 41.0. The molecular weight excluding hydrogens is 526 g/mol. The van der Waals surface area contributed by atoms with Crippen LogP contribution in [0.2, 0.25) is 0 Å². The van der Waals surface area contributed by atoms with Gasteiger partial charge in [0.05, 0.1) is 12.1 Å². The highest BCUT2D eigenvalue weighted by Gasteiger charge is 2.26. The minimum atomic E-state index is -2.28. The van der Waals surface area contributed by atoms with Crippen molar-refractivity contribution in [2.75, 3.05) is 32.0 Å². The Labute approximate surface area is 243 Å². The Balaban J connectivity index is 0.00000141. The number of hydrogen-bond donors (Lipinski definition) is 1. The molecule has 1 saturated heterocycles. The minimum Gasteiger partial charge on any atom is -0.309 e. The highest BCUT2D eigenvalue weighted by molar-refractivity contribution is 6.03. The van der Waals surface area contributed by atoms with E-state index in [1.54, 1.807) is 24.7 Å². The molecule has 2 fully saturated rings. The molecule has 41 heavy (non-hydrogen) atoms. The van der Waals surface area contributed by atoms with Crippen molar-refractivity contribution >= 4 is 28.6 Å². The van der Waals surface area contributed by atoms with Crippen molar-refractivity contribution in [2.24, 2.45) is 10.9 Å². The second-order valence-corrected chi connectivity index (χ2v) is 10.1. The number of aliphatic imine (C=N–C) groups is 1. The fourth-order valence-corrected chi connectivity index (χ4v) is 5.57. The molecule has 4 rings (SSSR count). The molecule has 1 N–H and O–H groups in total. The molecule has 1 aliphatic carbocycles. The largest absolute Gasteiger partial charge is 0.309 e. The van der Waals surface area contributed by atoms with Gasteiger partial charge in [0.15, 0.2) is 5.78 Å². The number of likely N-dealkylation sites (tertiary alicyclic amines) is 1. The van der Waals surface area contributed by atoms with E-state index >= 15 is 0 Å². The van der Waals surface area contributed by atoms with Crippen molar-refractivity contribution in [2.45, 2.75) is 99.0 Å². The molecule has 2 aromatic heterocycles. The van der Waals surface area contributed by atoms with Gasteiger partial charge in [0.25, 0.3) is 12.0 Å². The molecule has 1 saturated carbocycles. The average molecular weight is 575 g/mol. The summed E-state index contributed by atoms with van der Waals surface area (Å²) in [5, 5.41) is 3.85. The van der Waals surface area contributed by atoms with Gasteiger partial charge in [-0.3, -0.25) is 24.0 Å².